The first-order valence-electron chi connectivity index (χ1n) is 5.46. The number of ether oxygens (including phenoxy) is 2. The maximum absolute atomic E-state index is 10.9. The van der Waals surface area contributed by atoms with Crippen molar-refractivity contribution in [1.29, 1.82) is 0 Å². The van der Waals surface area contributed by atoms with Crippen molar-refractivity contribution in [2.75, 3.05) is 7.11 Å². The molecule has 94 valence electrons. The molecule has 0 bridgehead atoms. The van der Waals surface area contributed by atoms with E-state index in [1.165, 1.54) is 6.92 Å². The molecular weight excluding hydrogens is 240 g/mol. The maximum atomic E-state index is 10.9. The first-order valence-corrected chi connectivity index (χ1v) is 5.84. The third kappa shape index (κ3) is 3.63. The number of hydrogen-bond donors (Lipinski definition) is 0. The molecule has 0 saturated carbocycles. The normalized spacial score (nSPS) is 13.9. The molecule has 1 aromatic carbocycles. The van der Waals surface area contributed by atoms with Gasteiger partial charge in [0.1, 0.15) is 11.9 Å². The number of halogens is 1. The molecule has 0 radical (unpaired) electrons. The van der Waals surface area contributed by atoms with Crippen LogP contribution in [0, 0.1) is 0 Å². The van der Waals surface area contributed by atoms with E-state index < -0.39 is 0 Å². The average Bonchev–Trinajstić information content (AvgIpc) is 2.27. The lowest BCUT2D eigenvalue weighted by molar-refractivity contribution is -0.146. The molecule has 0 heterocycles. The Labute approximate surface area is 107 Å². The zero-order chi connectivity index (χ0) is 13.0. The van der Waals surface area contributed by atoms with Crippen molar-refractivity contribution in [3.63, 3.8) is 0 Å². The molecule has 2 atom stereocenters. The molecule has 0 N–H and O–H groups in total. The van der Waals surface area contributed by atoms with Crippen LogP contribution in [0.4, 0.5) is 0 Å². The van der Waals surface area contributed by atoms with Crippen LogP contribution in [0.1, 0.15) is 32.3 Å². The molecule has 0 aromatic heterocycles. The first-order chi connectivity index (χ1) is 7.95. The van der Waals surface area contributed by atoms with Crippen molar-refractivity contribution < 1.29 is 14.3 Å². The second-order valence-corrected chi connectivity index (χ2v) is 4.40. The lowest BCUT2D eigenvalue weighted by Gasteiger charge is -2.20. The van der Waals surface area contributed by atoms with Gasteiger partial charge >= 0.3 is 5.97 Å². The Morgan fingerprint density at radius 3 is 2.47 bits per heavy atom. The Morgan fingerprint density at radius 1 is 1.35 bits per heavy atom. The molecule has 0 fully saturated rings. The van der Waals surface area contributed by atoms with E-state index in [9.17, 15) is 4.79 Å². The van der Waals surface area contributed by atoms with Gasteiger partial charge in [-0.15, -0.1) is 0 Å². The Balaban J connectivity index is 2.85. The predicted molar refractivity (Wildman–Crippen MR) is 67.6 cm³/mol. The topological polar surface area (TPSA) is 35.5 Å². The number of benzene rings is 1. The van der Waals surface area contributed by atoms with Gasteiger partial charge in [-0.2, -0.15) is 0 Å². The van der Waals surface area contributed by atoms with Crippen LogP contribution in [-0.4, -0.2) is 19.2 Å². The summed E-state index contributed by atoms with van der Waals surface area (Å²) < 4.78 is 10.2. The molecule has 4 heteroatoms. The van der Waals surface area contributed by atoms with Gasteiger partial charge in [0.05, 0.1) is 12.1 Å². The van der Waals surface area contributed by atoms with Crippen molar-refractivity contribution in [2.45, 2.75) is 32.8 Å². The van der Waals surface area contributed by atoms with E-state index in [2.05, 4.69) is 0 Å². The monoisotopic (exact) mass is 256 g/mol. The summed E-state index contributed by atoms with van der Waals surface area (Å²) in [7, 11) is 1.58. The fourth-order valence-corrected chi connectivity index (χ4v) is 1.87. The van der Waals surface area contributed by atoms with E-state index in [-0.39, 0.29) is 18.0 Å². The van der Waals surface area contributed by atoms with E-state index in [1.807, 2.05) is 32.0 Å². The minimum Gasteiger partial charge on any atom is -0.495 e. The Hall–Kier alpha value is -1.22. The number of methoxy groups -OCH3 is 1. The summed E-state index contributed by atoms with van der Waals surface area (Å²) >= 11 is 6.05. The van der Waals surface area contributed by atoms with Crippen LogP contribution in [0.2, 0.25) is 5.02 Å². The fraction of sp³-hybridized carbons (Fsp3) is 0.462. The molecule has 0 aliphatic heterocycles. The predicted octanol–water partition coefficient (Wildman–Crippen LogP) is 3.40. The highest BCUT2D eigenvalue weighted by Crippen LogP contribution is 2.30. The van der Waals surface area contributed by atoms with Crippen LogP contribution >= 0.6 is 11.6 Å². The molecule has 0 aliphatic carbocycles. The smallest absolute Gasteiger partial charge is 0.302 e. The van der Waals surface area contributed by atoms with E-state index >= 15 is 0 Å². The van der Waals surface area contributed by atoms with Crippen LogP contribution in [-0.2, 0) is 9.53 Å². The first kappa shape index (κ1) is 13.8. The van der Waals surface area contributed by atoms with Crippen LogP contribution in [0.25, 0.3) is 0 Å². The summed E-state index contributed by atoms with van der Waals surface area (Å²) in [6, 6.07) is 5.58. The highest BCUT2D eigenvalue weighted by molar-refractivity contribution is 6.32. The third-order valence-corrected chi connectivity index (χ3v) is 3.05. The van der Waals surface area contributed by atoms with Crippen molar-refractivity contribution in [3.05, 3.63) is 28.8 Å². The summed E-state index contributed by atoms with van der Waals surface area (Å²) in [5.74, 6) is 0.453. The van der Waals surface area contributed by atoms with E-state index in [0.717, 1.165) is 5.56 Å². The number of carbonyl (C=O) groups is 1. The van der Waals surface area contributed by atoms with Crippen molar-refractivity contribution in [1.82, 2.24) is 0 Å². The Kier molecular flexibility index (Phi) is 4.82. The highest BCUT2D eigenvalue weighted by Gasteiger charge is 2.18. The van der Waals surface area contributed by atoms with Gasteiger partial charge in [0.2, 0.25) is 0 Å². The molecule has 1 rings (SSSR count). The van der Waals surface area contributed by atoms with Gasteiger partial charge in [0.15, 0.2) is 0 Å². The number of hydrogen-bond acceptors (Lipinski definition) is 3. The lowest BCUT2D eigenvalue weighted by Crippen LogP contribution is -2.19. The molecule has 0 saturated heterocycles. The fourth-order valence-electron chi connectivity index (χ4n) is 1.60. The Morgan fingerprint density at radius 2 is 2.00 bits per heavy atom. The van der Waals surface area contributed by atoms with Gasteiger partial charge in [-0.25, -0.2) is 0 Å². The number of rotatable bonds is 4. The quantitative estimate of drug-likeness (QED) is 0.775. The summed E-state index contributed by atoms with van der Waals surface area (Å²) in [5.41, 5.74) is 1.02. The largest absolute Gasteiger partial charge is 0.495 e. The van der Waals surface area contributed by atoms with Gasteiger partial charge in [0, 0.05) is 12.8 Å². The van der Waals surface area contributed by atoms with Crippen LogP contribution in [0.15, 0.2) is 18.2 Å². The highest BCUT2D eigenvalue weighted by atomic mass is 35.5. The summed E-state index contributed by atoms with van der Waals surface area (Å²) in [6.45, 7) is 5.26. The zero-order valence-corrected chi connectivity index (χ0v) is 11.2. The second-order valence-electron chi connectivity index (χ2n) is 4.00. The van der Waals surface area contributed by atoms with Gasteiger partial charge in [-0.3, -0.25) is 4.79 Å². The molecular formula is C13H17ClO3. The van der Waals surface area contributed by atoms with Gasteiger partial charge < -0.3 is 9.47 Å². The van der Waals surface area contributed by atoms with E-state index in [0.29, 0.717) is 10.8 Å². The maximum Gasteiger partial charge on any atom is 0.302 e. The van der Waals surface area contributed by atoms with Crippen LogP contribution in [0.5, 0.6) is 5.75 Å². The van der Waals surface area contributed by atoms with Crippen molar-refractivity contribution in [2.24, 2.45) is 0 Å². The van der Waals surface area contributed by atoms with E-state index in [4.69, 9.17) is 21.1 Å². The molecule has 0 aliphatic rings. The minimum absolute atomic E-state index is 0.0855. The van der Waals surface area contributed by atoms with Crippen LogP contribution in [0.3, 0.4) is 0 Å². The zero-order valence-electron chi connectivity index (χ0n) is 10.5. The average molecular weight is 257 g/mol. The van der Waals surface area contributed by atoms with Crippen LogP contribution < -0.4 is 4.74 Å². The standard InChI is InChI=1S/C13H17ClO3/c1-8(9(2)17-10(3)15)11-5-6-13(16-4)12(14)7-11/h5-9H,1-4H3/t8-,9+/m1/s1. The van der Waals surface area contributed by atoms with Gasteiger partial charge in [-0.1, -0.05) is 24.6 Å². The van der Waals surface area contributed by atoms with Crippen molar-refractivity contribution >= 4 is 17.6 Å². The summed E-state index contributed by atoms with van der Waals surface area (Å²) in [4.78, 5) is 10.9. The third-order valence-electron chi connectivity index (χ3n) is 2.76. The summed E-state index contributed by atoms with van der Waals surface area (Å²) in [6.07, 6.45) is -0.183. The van der Waals surface area contributed by atoms with Gasteiger partial charge in [-0.05, 0) is 24.6 Å². The molecule has 0 unspecified atom stereocenters. The van der Waals surface area contributed by atoms with E-state index in [1.54, 1.807) is 7.11 Å². The number of carbonyl (C=O) groups excluding carboxylic acids is 1. The molecule has 0 amide bonds. The molecule has 1 aromatic rings. The number of esters is 1. The Bertz CT molecular complexity index is 404. The SMILES string of the molecule is COc1ccc([C@H](C)[C@H](C)OC(C)=O)cc1Cl. The van der Waals surface area contributed by atoms with Crippen molar-refractivity contribution in [3.8, 4) is 5.75 Å². The molecule has 0 spiro atoms. The molecule has 17 heavy (non-hydrogen) atoms. The summed E-state index contributed by atoms with van der Waals surface area (Å²) in [5, 5.41) is 0.562. The van der Waals surface area contributed by atoms with Gasteiger partial charge in [0.25, 0.3) is 0 Å². The second kappa shape index (κ2) is 5.92. The lowest BCUT2D eigenvalue weighted by atomic mass is 9.96. The molecule has 3 nitrogen and oxygen atoms in total. The minimum atomic E-state index is -0.274.